The van der Waals surface area contributed by atoms with Crippen LogP contribution in [0.4, 0.5) is 11.9 Å². The SMILES string of the molecule is CC(=O)OC[C@H]1O[C@@H](n2c(=S)sc3cnc(N)nc32)[C@H](OC(C)=O)[C@@H]1OC(C)=O.Nc1ncc2sc(=S)n([C@@H]3O[C@H](CO)[C@@H](O)[C@H]3O)c2n1. The minimum Gasteiger partial charge on any atom is -0.463 e. The van der Waals surface area contributed by atoms with E-state index in [-0.39, 0.29) is 18.5 Å². The second kappa shape index (κ2) is 15.0. The zero-order chi connectivity index (χ0) is 35.7. The minimum absolute atomic E-state index is 0.0223. The van der Waals surface area contributed by atoms with E-state index in [4.69, 9.17) is 64.7 Å². The molecule has 0 amide bonds. The molecule has 23 heteroatoms. The normalized spacial score (nSPS) is 26.3. The highest BCUT2D eigenvalue weighted by Gasteiger charge is 2.51. The lowest BCUT2D eigenvalue weighted by atomic mass is 10.1. The van der Waals surface area contributed by atoms with Crippen molar-refractivity contribution in [3.8, 4) is 0 Å². The summed E-state index contributed by atoms with van der Waals surface area (Å²) in [4.78, 5) is 50.7. The largest absolute Gasteiger partial charge is 0.463 e. The molecule has 0 unspecified atom stereocenters. The Balaban J connectivity index is 0.000000204. The summed E-state index contributed by atoms with van der Waals surface area (Å²) in [7, 11) is 0. The van der Waals surface area contributed by atoms with Crippen molar-refractivity contribution in [2.75, 3.05) is 24.7 Å². The third kappa shape index (κ3) is 7.68. The van der Waals surface area contributed by atoms with Gasteiger partial charge in [0.05, 0.1) is 28.4 Å². The minimum atomic E-state index is -1.21. The molecule has 264 valence electrons. The highest BCUT2D eigenvalue weighted by atomic mass is 32.2. The van der Waals surface area contributed by atoms with Gasteiger partial charge in [-0.1, -0.05) is 0 Å². The fourth-order valence-electron chi connectivity index (χ4n) is 5.14. The van der Waals surface area contributed by atoms with Crippen LogP contribution in [-0.2, 0) is 38.1 Å². The lowest BCUT2D eigenvalue weighted by Gasteiger charge is -2.23. The summed E-state index contributed by atoms with van der Waals surface area (Å²) < 4.78 is 32.3. The third-order valence-electron chi connectivity index (χ3n) is 7.12. The van der Waals surface area contributed by atoms with E-state index in [1.807, 2.05) is 0 Å². The van der Waals surface area contributed by atoms with Crippen molar-refractivity contribution in [3.63, 3.8) is 0 Å². The maximum atomic E-state index is 11.7. The van der Waals surface area contributed by atoms with Crippen LogP contribution in [0.2, 0.25) is 0 Å². The highest BCUT2D eigenvalue weighted by Crippen LogP contribution is 2.38. The van der Waals surface area contributed by atoms with Gasteiger partial charge in [-0.25, -0.2) is 9.97 Å². The first-order valence-electron chi connectivity index (χ1n) is 14.2. The van der Waals surface area contributed by atoms with Crippen LogP contribution in [0.1, 0.15) is 33.2 Å². The molecular formula is C26H30N8O11S4. The number of hydrogen-bond donors (Lipinski definition) is 5. The first-order valence-corrected chi connectivity index (χ1v) is 16.7. The second-order valence-corrected chi connectivity index (χ2v) is 13.9. The van der Waals surface area contributed by atoms with Gasteiger partial charge in [-0.15, -0.1) is 22.7 Å². The number of fused-ring (bicyclic) bond motifs is 2. The van der Waals surface area contributed by atoms with Gasteiger partial charge < -0.3 is 50.5 Å². The van der Waals surface area contributed by atoms with Gasteiger partial charge in [0.1, 0.15) is 31.0 Å². The van der Waals surface area contributed by atoms with E-state index in [2.05, 4.69) is 19.9 Å². The molecule has 0 bridgehead atoms. The Morgan fingerprint density at radius 2 is 1.31 bits per heavy atom. The molecule has 49 heavy (non-hydrogen) atoms. The fraction of sp³-hybridized carbons (Fsp3) is 0.500. The first kappa shape index (κ1) is 36.5. The number of rotatable bonds is 7. The fourth-order valence-corrected chi connectivity index (χ4v) is 7.70. The predicted octanol–water partition coefficient (Wildman–Crippen LogP) is 0.544. The molecule has 7 N–H and O–H groups in total. The number of anilines is 2. The number of hydrogen-bond acceptors (Lipinski definition) is 21. The number of thiazole rings is 2. The Morgan fingerprint density at radius 1 is 0.816 bits per heavy atom. The summed E-state index contributed by atoms with van der Waals surface area (Å²) in [6, 6.07) is 0. The molecule has 2 saturated heterocycles. The molecule has 6 rings (SSSR count). The maximum absolute atomic E-state index is 11.7. The van der Waals surface area contributed by atoms with Crippen LogP contribution < -0.4 is 11.5 Å². The van der Waals surface area contributed by atoms with Crippen molar-refractivity contribution in [1.29, 1.82) is 0 Å². The van der Waals surface area contributed by atoms with Crippen LogP contribution >= 0.6 is 47.1 Å². The molecule has 6 heterocycles. The molecule has 2 aliphatic heterocycles. The number of nitrogens with two attached hydrogens (primary N) is 2. The Hall–Kier alpha value is -3.81. The van der Waals surface area contributed by atoms with Gasteiger partial charge in [-0.3, -0.25) is 23.5 Å². The number of aliphatic hydroxyl groups is 3. The summed E-state index contributed by atoms with van der Waals surface area (Å²) in [6.45, 7) is 3.04. The lowest BCUT2D eigenvalue weighted by molar-refractivity contribution is -0.166. The second-order valence-electron chi connectivity index (χ2n) is 10.6. The van der Waals surface area contributed by atoms with E-state index >= 15 is 0 Å². The Kier molecular flexibility index (Phi) is 11.1. The van der Waals surface area contributed by atoms with E-state index in [1.54, 1.807) is 0 Å². The highest BCUT2D eigenvalue weighted by molar-refractivity contribution is 7.74. The number of carbonyl (C=O) groups is 3. The molecule has 2 aliphatic rings. The van der Waals surface area contributed by atoms with E-state index < -0.39 is 73.6 Å². The van der Waals surface area contributed by atoms with Crippen molar-refractivity contribution in [3.05, 3.63) is 20.3 Å². The van der Waals surface area contributed by atoms with Crippen LogP contribution in [0.3, 0.4) is 0 Å². The van der Waals surface area contributed by atoms with E-state index in [1.165, 1.54) is 65.0 Å². The van der Waals surface area contributed by atoms with Crippen molar-refractivity contribution in [2.45, 2.75) is 69.9 Å². The summed E-state index contributed by atoms with van der Waals surface area (Å²) in [6.07, 6.45) is -5.11. The monoisotopic (exact) mass is 758 g/mol. The zero-order valence-electron chi connectivity index (χ0n) is 25.8. The average Bonchev–Trinajstić information content (AvgIpc) is 3.72. The van der Waals surface area contributed by atoms with Gasteiger partial charge in [0.2, 0.25) is 11.9 Å². The number of ether oxygens (including phenoxy) is 5. The molecule has 0 aliphatic carbocycles. The summed E-state index contributed by atoms with van der Waals surface area (Å²) in [5, 5.41) is 29.0. The molecule has 4 aromatic rings. The molecular weight excluding hydrogens is 729 g/mol. The number of aliphatic hydroxyl groups excluding tert-OH is 3. The van der Waals surface area contributed by atoms with Crippen molar-refractivity contribution in [2.24, 2.45) is 0 Å². The van der Waals surface area contributed by atoms with Crippen molar-refractivity contribution >= 4 is 97.6 Å². The topological polar surface area (TPSA) is 272 Å². The number of carbonyl (C=O) groups excluding carboxylic acids is 3. The first-order chi connectivity index (χ1) is 23.2. The summed E-state index contributed by atoms with van der Waals surface area (Å²) in [5.41, 5.74) is 12.1. The summed E-state index contributed by atoms with van der Waals surface area (Å²) >= 11 is 13.1. The Morgan fingerprint density at radius 3 is 1.78 bits per heavy atom. The lowest BCUT2D eigenvalue weighted by Crippen LogP contribution is -2.40. The number of nitrogen functional groups attached to an aromatic ring is 2. The molecule has 4 aromatic heterocycles. The van der Waals surface area contributed by atoms with Crippen molar-refractivity contribution < 1.29 is 53.4 Å². The smallest absolute Gasteiger partial charge is 0.303 e. The Bertz CT molecular complexity index is 2000. The quantitative estimate of drug-likeness (QED) is 0.0977. The number of aromatic nitrogens is 6. The average molecular weight is 759 g/mol. The van der Waals surface area contributed by atoms with Crippen LogP contribution in [0.25, 0.3) is 20.7 Å². The van der Waals surface area contributed by atoms with E-state index in [9.17, 15) is 24.6 Å². The van der Waals surface area contributed by atoms with Gasteiger partial charge in [0, 0.05) is 20.8 Å². The van der Waals surface area contributed by atoms with Gasteiger partial charge in [-0.2, -0.15) is 9.97 Å². The number of nitrogens with zero attached hydrogens (tertiary/aromatic N) is 6. The predicted molar refractivity (Wildman–Crippen MR) is 176 cm³/mol. The van der Waals surface area contributed by atoms with Gasteiger partial charge in [0.25, 0.3) is 0 Å². The molecule has 0 radical (unpaired) electrons. The maximum Gasteiger partial charge on any atom is 0.303 e. The van der Waals surface area contributed by atoms with Crippen LogP contribution in [0.5, 0.6) is 0 Å². The van der Waals surface area contributed by atoms with Gasteiger partial charge in [0.15, 0.2) is 43.9 Å². The standard InChI is InChI=1S/C16H18N4O7S2.C10H12N4O4S2/c1-6(21)24-5-9-11(25-7(2)22)12(26-8(3)23)14(27-9)20-13-10(29-16(20)28)4-18-15(17)19-13;11-9-12-1-4-7(13-9)14(10(19)20-4)8-6(17)5(16)3(2-15)18-8/h4,9,11-12,14H,5H2,1-3H3,(H2,17,18,19);1,3,5-6,8,15-17H,2H2,(H2,11,12,13)/t9-,11-,12-,14-;3-,5-,6-,8-/m11/s1. The molecule has 8 atom stereocenters. The van der Waals surface area contributed by atoms with Crippen LogP contribution in [0.15, 0.2) is 12.4 Å². The van der Waals surface area contributed by atoms with Crippen molar-refractivity contribution in [1.82, 2.24) is 29.1 Å². The zero-order valence-corrected chi connectivity index (χ0v) is 29.0. The van der Waals surface area contributed by atoms with E-state index in [0.717, 1.165) is 0 Å². The third-order valence-corrected chi connectivity index (χ3v) is 9.77. The molecule has 0 spiro atoms. The van der Waals surface area contributed by atoms with Gasteiger partial charge in [-0.05, 0) is 24.4 Å². The summed E-state index contributed by atoms with van der Waals surface area (Å²) in [5.74, 6) is -1.68. The Labute approximate surface area is 294 Å². The van der Waals surface area contributed by atoms with Crippen LogP contribution in [0, 0.1) is 7.91 Å². The molecule has 0 aromatic carbocycles. The number of esters is 3. The molecule has 0 saturated carbocycles. The molecule has 19 nitrogen and oxygen atoms in total. The molecule has 2 fully saturated rings. The van der Waals surface area contributed by atoms with Gasteiger partial charge >= 0.3 is 17.9 Å². The van der Waals surface area contributed by atoms with E-state index in [0.29, 0.717) is 28.6 Å². The van der Waals surface area contributed by atoms with Crippen LogP contribution in [-0.4, -0.2) is 112 Å².